The maximum Gasteiger partial charge on any atom is 0.263 e. The number of nitrogens with zero attached hydrogens (tertiary/aromatic N) is 1. The van der Waals surface area contributed by atoms with Gasteiger partial charge in [-0.05, 0) is 35.6 Å². The zero-order chi connectivity index (χ0) is 23.2. The number of methoxy groups -OCH3 is 1. The first-order valence-electron chi connectivity index (χ1n) is 11.0. The Kier molecular flexibility index (Phi) is 7.42. The summed E-state index contributed by atoms with van der Waals surface area (Å²) in [5, 5.41) is 4.86. The Morgan fingerprint density at radius 2 is 1.82 bits per heavy atom. The molecule has 0 radical (unpaired) electrons. The molecule has 33 heavy (non-hydrogen) atoms. The minimum atomic E-state index is -0.693. The molecular weight excluding hydrogens is 436 g/mol. The van der Waals surface area contributed by atoms with Crippen molar-refractivity contribution < 1.29 is 19.1 Å². The summed E-state index contributed by atoms with van der Waals surface area (Å²) in [5.74, 6) is 0.596. The van der Waals surface area contributed by atoms with E-state index in [9.17, 15) is 9.59 Å². The van der Waals surface area contributed by atoms with Crippen molar-refractivity contribution in [2.75, 3.05) is 25.5 Å². The van der Waals surface area contributed by atoms with Gasteiger partial charge in [0.15, 0.2) is 6.10 Å². The third-order valence-electron chi connectivity index (χ3n) is 5.79. The van der Waals surface area contributed by atoms with Gasteiger partial charge in [0.05, 0.1) is 4.88 Å². The molecule has 0 saturated carbocycles. The van der Waals surface area contributed by atoms with Gasteiger partial charge in [-0.15, -0.1) is 11.3 Å². The second-order valence-electron chi connectivity index (χ2n) is 8.08. The summed E-state index contributed by atoms with van der Waals surface area (Å²) in [6, 6.07) is 18.8. The number of aryl methyl sites for hydroxylation is 1. The summed E-state index contributed by atoms with van der Waals surface area (Å²) in [6.45, 7) is 3.32. The number of amides is 2. The minimum absolute atomic E-state index is 0.0260. The summed E-state index contributed by atoms with van der Waals surface area (Å²) in [6.07, 6.45) is 0.875. The van der Waals surface area contributed by atoms with Crippen molar-refractivity contribution in [3.63, 3.8) is 0 Å². The molecule has 2 amide bonds. The van der Waals surface area contributed by atoms with Gasteiger partial charge < -0.3 is 19.7 Å². The fraction of sp³-hybridized carbons (Fsp3) is 0.308. The van der Waals surface area contributed by atoms with Crippen LogP contribution in [0, 0.1) is 6.92 Å². The normalized spacial score (nSPS) is 15.2. The van der Waals surface area contributed by atoms with E-state index >= 15 is 0 Å². The lowest BCUT2D eigenvalue weighted by Gasteiger charge is -2.32. The highest BCUT2D eigenvalue weighted by atomic mass is 32.1. The van der Waals surface area contributed by atoms with Crippen LogP contribution in [-0.2, 0) is 9.53 Å². The molecule has 7 heteroatoms. The number of piperidine rings is 1. The zero-order valence-electron chi connectivity index (χ0n) is 18.8. The zero-order valence-corrected chi connectivity index (χ0v) is 19.6. The van der Waals surface area contributed by atoms with Crippen LogP contribution in [0.15, 0.2) is 66.0 Å². The number of hydrogen-bond donors (Lipinski definition) is 1. The SMILES string of the molecule is CO[C@@H](C(=O)Nc1ccc(C)c(OC2CCN(C(=O)c3cccs3)CC2)c1)c1ccccc1. The second-order valence-corrected chi connectivity index (χ2v) is 9.03. The third kappa shape index (κ3) is 5.61. The molecule has 1 saturated heterocycles. The van der Waals surface area contributed by atoms with Gasteiger partial charge in [-0.3, -0.25) is 9.59 Å². The molecule has 1 atom stereocenters. The largest absolute Gasteiger partial charge is 0.490 e. The van der Waals surface area contributed by atoms with Crippen LogP contribution < -0.4 is 10.1 Å². The van der Waals surface area contributed by atoms with E-state index in [1.807, 2.05) is 77.9 Å². The predicted molar refractivity (Wildman–Crippen MR) is 130 cm³/mol. The molecule has 0 spiro atoms. The van der Waals surface area contributed by atoms with Gasteiger partial charge in [0, 0.05) is 44.8 Å². The van der Waals surface area contributed by atoms with Crippen LogP contribution in [0.2, 0.25) is 0 Å². The van der Waals surface area contributed by atoms with Gasteiger partial charge in [0.25, 0.3) is 11.8 Å². The Labute approximate surface area is 198 Å². The number of anilines is 1. The number of ether oxygens (including phenoxy) is 2. The van der Waals surface area contributed by atoms with Crippen molar-refractivity contribution in [3.05, 3.63) is 82.0 Å². The number of carbonyl (C=O) groups is 2. The molecule has 1 aliphatic rings. The molecule has 0 unspecified atom stereocenters. The van der Waals surface area contributed by atoms with E-state index in [1.54, 1.807) is 0 Å². The van der Waals surface area contributed by atoms with E-state index in [4.69, 9.17) is 9.47 Å². The highest BCUT2D eigenvalue weighted by Gasteiger charge is 2.26. The van der Waals surface area contributed by atoms with Crippen LogP contribution in [0.5, 0.6) is 5.75 Å². The molecule has 2 aromatic carbocycles. The second kappa shape index (κ2) is 10.6. The van der Waals surface area contributed by atoms with Crippen molar-refractivity contribution in [1.29, 1.82) is 0 Å². The summed E-state index contributed by atoms with van der Waals surface area (Å²) >= 11 is 1.47. The van der Waals surface area contributed by atoms with Crippen molar-refractivity contribution in [1.82, 2.24) is 4.90 Å². The first-order valence-corrected chi connectivity index (χ1v) is 11.9. The Bertz CT molecular complexity index is 1080. The van der Waals surface area contributed by atoms with Crippen LogP contribution >= 0.6 is 11.3 Å². The fourth-order valence-electron chi connectivity index (χ4n) is 3.95. The van der Waals surface area contributed by atoms with Crippen molar-refractivity contribution in [2.45, 2.75) is 32.0 Å². The van der Waals surface area contributed by atoms with Gasteiger partial charge in [-0.25, -0.2) is 0 Å². The number of carbonyl (C=O) groups excluding carboxylic acids is 2. The molecule has 1 aromatic heterocycles. The molecule has 6 nitrogen and oxygen atoms in total. The van der Waals surface area contributed by atoms with Crippen molar-refractivity contribution in [2.24, 2.45) is 0 Å². The molecule has 172 valence electrons. The van der Waals surface area contributed by atoms with Crippen LogP contribution in [0.25, 0.3) is 0 Å². The lowest BCUT2D eigenvalue weighted by Crippen LogP contribution is -2.41. The quantitative estimate of drug-likeness (QED) is 0.530. The van der Waals surface area contributed by atoms with Gasteiger partial charge in [-0.1, -0.05) is 42.5 Å². The molecule has 1 N–H and O–H groups in total. The molecule has 0 aliphatic carbocycles. The van der Waals surface area contributed by atoms with Crippen LogP contribution in [0.1, 0.15) is 39.7 Å². The standard InChI is InChI=1S/C26H28N2O4S/c1-18-10-11-20(27-25(29)24(31-2)19-7-4-3-5-8-19)17-22(18)32-21-12-14-28(15-13-21)26(30)23-9-6-16-33-23/h3-11,16-17,21,24H,12-15H2,1-2H3,(H,27,29)/t24-/m1/s1. The van der Waals surface area contributed by atoms with Gasteiger partial charge >= 0.3 is 0 Å². The molecule has 3 aromatic rings. The number of rotatable bonds is 7. The highest BCUT2D eigenvalue weighted by Crippen LogP contribution is 2.28. The number of nitrogens with one attached hydrogen (secondary N) is 1. The summed E-state index contributed by atoms with van der Waals surface area (Å²) in [5.41, 5.74) is 2.45. The van der Waals surface area contributed by atoms with Crippen LogP contribution in [0.3, 0.4) is 0 Å². The van der Waals surface area contributed by atoms with Gasteiger partial charge in [0.1, 0.15) is 11.9 Å². The number of thiophene rings is 1. The van der Waals surface area contributed by atoms with E-state index in [2.05, 4.69) is 5.32 Å². The minimum Gasteiger partial charge on any atom is -0.490 e. The maximum atomic E-state index is 12.8. The average Bonchev–Trinajstić information content (AvgIpc) is 3.37. The summed E-state index contributed by atoms with van der Waals surface area (Å²) < 4.78 is 11.7. The maximum absolute atomic E-state index is 12.8. The molecule has 2 heterocycles. The monoisotopic (exact) mass is 464 g/mol. The van der Waals surface area contributed by atoms with E-state index in [0.29, 0.717) is 18.8 Å². The Balaban J connectivity index is 1.37. The smallest absolute Gasteiger partial charge is 0.263 e. The lowest BCUT2D eigenvalue weighted by molar-refractivity contribution is -0.126. The third-order valence-corrected chi connectivity index (χ3v) is 6.64. The number of likely N-dealkylation sites (tertiary alicyclic amines) is 1. The fourth-order valence-corrected chi connectivity index (χ4v) is 4.64. The lowest BCUT2D eigenvalue weighted by atomic mass is 10.1. The van der Waals surface area contributed by atoms with E-state index in [0.717, 1.165) is 34.6 Å². The number of benzene rings is 2. The number of hydrogen-bond acceptors (Lipinski definition) is 5. The molecule has 0 bridgehead atoms. The van der Waals surface area contributed by atoms with Gasteiger partial charge in [0.2, 0.25) is 0 Å². The summed E-state index contributed by atoms with van der Waals surface area (Å²) in [4.78, 5) is 28.0. The first kappa shape index (κ1) is 23.0. The van der Waals surface area contributed by atoms with E-state index in [1.165, 1.54) is 18.4 Å². The molecule has 1 fully saturated rings. The topological polar surface area (TPSA) is 67.9 Å². The predicted octanol–water partition coefficient (Wildman–Crippen LogP) is 5.07. The van der Waals surface area contributed by atoms with Crippen LogP contribution in [0.4, 0.5) is 5.69 Å². The Hall–Kier alpha value is -3.16. The molecular formula is C26H28N2O4S. The Morgan fingerprint density at radius 1 is 1.06 bits per heavy atom. The molecule has 1 aliphatic heterocycles. The van der Waals surface area contributed by atoms with Crippen molar-refractivity contribution >= 4 is 28.8 Å². The highest BCUT2D eigenvalue weighted by molar-refractivity contribution is 7.12. The van der Waals surface area contributed by atoms with Crippen LogP contribution in [-0.4, -0.2) is 43.0 Å². The average molecular weight is 465 g/mol. The first-order chi connectivity index (χ1) is 16.0. The van der Waals surface area contributed by atoms with E-state index < -0.39 is 6.10 Å². The summed E-state index contributed by atoms with van der Waals surface area (Å²) in [7, 11) is 1.52. The Morgan fingerprint density at radius 3 is 2.48 bits per heavy atom. The van der Waals surface area contributed by atoms with Gasteiger partial charge in [-0.2, -0.15) is 0 Å². The molecule has 4 rings (SSSR count). The van der Waals surface area contributed by atoms with E-state index in [-0.39, 0.29) is 17.9 Å². The van der Waals surface area contributed by atoms with Crippen molar-refractivity contribution in [3.8, 4) is 5.75 Å².